The Morgan fingerprint density at radius 3 is 2.65 bits per heavy atom. The topological polar surface area (TPSA) is 98.3 Å². The number of nitro groups is 1. The molecule has 0 bridgehead atoms. The van der Waals surface area contributed by atoms with Crippen molar-refractivity contribution in [2.45, 2.75) is 11.4 Å². The summed E-state index contributed by atoms with van der Waals surface area (Å²) in [5.41, 5.74) is 0.451. The lowest BCUT2D eigenvalue weighted by molar-refractivity contribution is -0.384. The van der Waals surface area contributed by atoms with E-state index in [2.05, 4.69) is 4.98 Å². The monoisotopic (exact) mass is 370 g/mol. The summed E-state index contributed by atoms with van der Waals surface area (Å²) >= 11 is 6.15. The maximum Gasteiger partial charge on any atom is 0.280 e. The van der Waals surface area contributed by atoms with Crippen LogP contribution in [0.5, 0.6) is 0 Å². The van der Waals surface area contributed by atoms with Crippen molar-refractivity contribution in [3.8, 4) is 0 Å². The number of alkyl halides is 1. The predicted molar refractivity (Wildman–Crippen MR) is 94.7 cm³/mol. The van der Waals surface area contributed by atoms with E-state index in [4.69, 9.17) is 11.6 Å². The average molecular weight is 371 g/mol. The van der Waals surface area contributed by atoms with E-state index in [0.29, 0.717) is 16.5 Å². The van der Waals surface area contributed by atoms with Gasteiger partial charge in [-0.25, -0.2) is 14.7 Å². The van der Waals surface area contributed by atoms with Crippen molar-refractivity contribution in [1.29, 1.82) is 0 Å². The molecule has 130 valence electrons. The van der Waals surface area contributed by atoms with E-state index in [0.717, 1.165) is 4.68 Å². The Kier molecular flexibility index (Phi) is 3.69. The first-order valence-corrected chi connectivity index (χ1v) is 8.11. The highest BCUT2D eigenvalue weighted by Crippen LogP contribution is 2.37. The minimum Gasteiger partial charge on any atom is -0.271 e. The van der Waals surface area contributed by atoms with Crippen molar-refractivity contribution in [2.24, 2.45) is 0 Å². The Bertz CT molecular complexity index is 1110. The largest absolute Gasteiger partial charge is 0.280 e. The number of carbonyl (C=O) groups is 1. The maximum atomic E-state index is 12.7. The molecule has 0 radical (unpaired) electrons. The zero-order chi connectivity index (χ0) is 18.4. The van der Waals surface area contributed by atoms with Gasteiger partial charge in [-0.1, -0.05) is 24.3 Å². The number of para-hydroxylation sites is 1. The highest BCUT2D eigenvalue weighted by molar-refractivity contribution is 6.36. The van der Waals surface area contributed by atoms with Crippen LogP contribution in [0.3, 0.4) is 0 Å². The quantitative estimate of drug-likeness (QED) is 0.304. The number of rotatable bonds is 3. The van der Waals surface area contributed by atoms with E-state index in [9.17, 15) is 19.7 Å². The SMILES string of the molecule is O=C1[C@@H](Cl)[C@H](c2cccc([N+](=O)[O-])c2)N1n1cnc2ccccc2c1=O. The van der Waals surface area contributed by atoms with Gasteiger partial charge in [0.2, 0.25) is 0 Å². The number of nitro benzene ring substituents is 1. The number of halogens is 1. The molecule has 1 fully saturated rings. The van der Waals surface area contributed by atoms with Crippen molar-refractivity contribution >= 4 is 34.1 Å². The third-order valence-corrected chi connectivity index (χ3v) is 4.73. The summed E-state index contributed by atoms with van der Waals surface area (Å²) in [7, 11) is 0. The standard InChI is InChI=1S/C17H11ClN4O4/c18-14-15(10-4-3-5-11(8-10)22(25)26)21(17(14)24)20-9-19-13-7-2-1-6-12(13)16(20)23/h1-9,14-15H/t14-,15-/m0/s1. The fourth-order valence-electron chi connectivity index (χ4n) is 3.03. The van der Waals surface area contributed by atoms with Crippen LogP contribution in [0.15, 0.2) is 59.7 Å². The number of benzene rings is 2. The van der Waals surface area contributed by atoms with Gasteiger partial charge >= 0.3 is 0 Å². The number of β-lactam (4-membered cyclic amide) rings is 1. The van der Waals surface area contributed by atoms with Crippen molar-refractivity contribution in [1.82, 2.24) is 9.66 Å². The Hall–Kier alpha value is -3.26. The smallest absolute Gasteiger partial charge is 0.271 e. The lowest BCUT2D eigenvalue weighted by atomic mass is 9.95. The fourth-order valence-corrected chi connectivity index (χ4v) is 3.38. The molecular weight excluding hydrogens is 360 g/mol. The Labute approximate surface area is 151 Å². The Balaban J connectivity index is 1.82. The molecule has 0 unspecified atom stereocenters. The molecule has 8 nitrogen and oxygen atoms in total. The molecule has 3 aromatic rings. The van der Waals surface area contributed by atoms with Gasteiger partial charge in [0.15, 0.2) is 0 Å². The first-order chi connectivity index (χ1) is 12.5. The molecule has 1 aromatic heterocycles. The molecular formula is C17H11ClN4O4. The molecule has 9 heteroatoms. The molecule has 2 heterocycles. The number of nitrogens with zero attached hydrogens (tertiary/aromatic N) is 4. The second kappa shape index (κ2) is 5.92. The molecule has 1 amide bonds. The lowest BCUT2D eigenvalue weighted by Gasteiger charge is -2.44. The van der Waals surface area contributed by atoms with Crippen LogP contribution in [0, 0.1) is 10.1 Å². The van der Waals surface area contributed by atoms with Crippen molar-refractivity contribution in [3.05, 3.63) is 80.9 Å². The number of aromatic nitrogens is 2. The third-order valence-electron chi connectivity index (χ3n) is 4.31. The second-order valence-electron chi connectivity index (χ2n) is 5.79. The van der Waals surface area contributed by atoms with Crippen LogP contribution in [-0.4, -0.2) is 25.9 Å². The van der Waals surface area contributed by atoms with E-state index in [1.807, 2.05) is 0 Å². The number of carbonyl (C=O) groups excluding carboxylic acids is 1. The summed E-state index contributed by atoms with van der Waals surface area (Å²) in [6, 6.07) is 11.9. The van der Waals surface area contributed by atoms with Crippen LogP contribution < -0.4 is 10.6 Å². The summed E-state index contributed by atoms with van der Waals surface area (Å²) in [6.45, 7) is 0. The van der Waals surface area contributed by atoms with Crippen LogP contribution in [0.4, 0.5) is 5.69 Å². The van der Waals surface area contributed by atoms with Gasteiger partial charge in [-0.2, -0.15) is 0 Å². The van der Waals surface area contributed by atoms with E-state index in [1.165, 1.54) is 29.5 Å². The number of fused-ring (bicyclic) bond motifs is 1. The fraction of sp³-hybridized carbons (Fsp3) is 0.118. The molecule has 0 spiro atoms. The number of hydrogen-bond acceptors (Lipinski definition) is 5. The Morgan fingerprint density at radius 1 is 1.12 bits per heavy atom. The molecule has 26 heavy (non-hydrogen) atoms. The molecule has 2 aromatic carbocycles. The second-order valence-corrected chi connectivity index (χ2v) is 6.26. The highest BCUT2D eigenvalue weighted by atomic mass is 35.5. The van der Waals surface area contributed by atoms with Crippen LogP contribution in [0.25, 0.3) is 10.9 Å². The summed E-state index contributed by atoms with van der Waals surface area (Å²) in [5, 5.41) is 11.6. The van der Waals surface area contributed by atoms with Gasteiger partial charge in [-0.15, -0.1) is 11.6 Å². The van der Waals surface area contributed by atoms with Crippen LogP contribution in [0.2, 0.25) is 0 Å². The first-order valence-electron chi connectivity index (χ1n) is 7.67. The van der Waals surface area contributed by atoms with Gasteiger partial charge < -0.3 is 0 Å². The van der Waals surface area contributed by atoms with E-state index in [-0.39, 0.29) is 5.69 Å². The van der Waals surface area contributed by atoms with Gasteiger partial charge in [0, 0.05) is 12.1 Å². The molecule has 0 N–H and O–H groups in total. The van der Waals surface area contributed by atoms with Gasteiger partial charge in [0.25, 0.3) is 17.2 Å². The number of hydrogen-bond donors (Lipinski definition) is 0. The molecule has 1 saturated heterocycles. The van der Waals surface area contributed by atoms with Gasteiger partial charge in [-0.3, -0.25) is 19.7 Å². The zero-order valence-electron chi connectivity index (χ0n) is 13.2. The van der Waals surface area contributed by atoms with Crippen LogP contribution >= 0.6 is 11.6 Å². The predicted octanol–water partition coefficient (Wildman–Crippen LogP) is 2.13. The number of amides is 1. The van der Waals surface area contributed by atoms with Crippen molar-refractivity contribution in [2.75, 3.05) is 5.01 Å². The minimum absolute atomic E-state index is 0.116. The zero-order valence-corrected chi connectivity index (χ0v) is 13.9. The van der Waals surface area contributed by atoms with Crippen LogP contribution in [0.1, 0.15) is 11.6 Å². The summed E-state index contributed by atoms with van der Waals surface area (Å²) < 4.78 is 1.10. The van der Waals surface area contributed by atoms with Gasteiger partial charge in [0.05, 0.1) is 15.8 Å². The molecule has 0 saturated carbocycles. The van der Waals surface area contributed by atoms with Gasteiger partial charge in [-0.05, 0) is 17.7 Å². The minimum atomic E-state index is -0.921. The summed E-state index contributed by atoms with van der Waals surface area (Å²) in [4.78, 5) is 39.7. The lowest BCUT2D eigenvalue weighted by Crippen LogP contribution is -2.64. The summed E-state index contributed by atoms with van der Waals surface area (Å²) in [5.74, 6) is -0.470. The maximum absolute atomic E-state index is 12.7. The first kappa shape index (κ1) is 16.2. The van der Waals surface area contributed by atoms with Crippen molar-refractivity contribution in [3.63, 3.8) is 0 Å². The van der Waals surface area contributed by atoms with E-state index >= 15 is 0 Å². The van der Waals surface area contributed by atoms with Crippen LogP contribution in [-0.2, 0) is 4.79 Å². The average Bonchev–Trinajstić information content (AvgIpc) is 2.66. The number of non-ortho nitro benzene ring substituents is 1. The molecule has 1 aliphatic heterocycles. The van der Waals surface area contributed by atoms with E-state index in [1.54, 1.807) is 30.3 Å². The Morgan fingerprint density at radius 2 is 1.88 bits per heavy atom. The summed E-state index contributed by atoms with van der Waals surface area (Å²) in [6.07, 6.45) is 1.26. The van der Waals surface area contributed by atoms with Gasteiger partial charge in [0.1, 0.15) is 17.7 Å². The highest BCUT2D eigenvalue weighted by Gasteiger charge is 2.49. The third kappa shape index (κ3) is 2.34. The van der Waals surface area contributed by atoms with E-state index < -0.39 is 27.8 Å². The normalized spacial score (nSPS) is 19.4. The molecule has 2 atom stereocenters. The molecule has 0 aliphatic carbocycles. The molecule has 1 aliphatic rings. The van der Waals surface area contributed by atoms with Crippen molar-refractivity contribution < 1.29 is 9.72 Å². The molecule has 4 rings (SSSR count).